The number of hydrogen-bond acceptors (Lipinski definition) is 10. The van der Waals surface area contributed by atoms with E-state index >= 15 is 0 Å². The molecule has 0 heterocycles. The van der Waals surface area contributed by atoms with E-state index in [0.29, 0.717) is 0 Å². The molecule has 14 nitrogen and oxygen atoms in total. The second kappa shape index (κ2) is 9.54. The van der Waals surface area contributed by atoms with Gasteiger partial charge in [0.2, 0.25) is 11.5 Å². The number of benzene rings is 2. The lowest BCUT2D eigenvalue weighted by Gasteiger charge is -2.13. The van der Waals surface area contributed by atoms with Gasteiger partial charge in [0.05, 0.1) is 24.1 Å². The lowest BCUT2D eigenvalue weighted by Crippen LogP contribution is -2.44. The molecule has 0 atom stereocenters. The number of methoxy groups -OCH3 is 2. The summed E-state index contributed by atoms with van der Waals surface area (Å²) >= 11 is 0. The number of anilines is 2. The first-order valence-electron chi connectivity index (χ1n) is 8.05. The van der Waals surface area contributed by atoms with Crippen LogP contribution in [-0.4, -0.2) is 35.9 Å². The van der Waals surface area contributed by atoms with Crippen molar-refractivity contribution in [1.82, 2.24) is 10.9 Å². The number of rotatable bonds is 8. The van der Waals surface area contributed by atoms with E-state index in [2.05, 4.69) is 21.7 Å². The summed E-state index contributed by atoms with van der Waals surface area (Å²) in [5.74, 6) is -2.63. The Morgan fingerprint density at radius 1 is 0.767 bits per heavy atom. The summed E-state index contributed by atoms with van der Waals surface area (Å²) in [5, 5.41) is 22.0. The number of amides is 2. The highest BCUT2D eigenvalue weighted by atomic mass is 16.6. The normalized spacial score (nSPS) is 9.80. The van der Waals surface area contributed by atoms with Gasteiger partial charge >= 0.3 is 23.2 Å². The average Bonchev–Trinajstić information content (AvgIpc) is 2.74. The number of hydrogen-bond donors (Lipinski definition) is 4. The molecule has 2 aromatic carbocycles. The molecule has 0 radical (unpaired) electrons. The standard InChI is InChI=1S/C16H16N6O8/c1-29-13-9(5-3-7-11(13)21(25)26)17-19-15(23)16(24)20-18-10-6-4-8-12(22(27)28)14(10)30-2/h3-8,17-18H,1-2H3,(H,19,23)(H,20,24). The van der Waals surface area contributed by atoms with Crippen LogP contribution >= 0.6 is 0 Å². The lowest BCUT2D eigenvalue weighted by atomic mass is 10.2. The number of nitro groups is 2. The van der Waals surface area contributed by atoms with Crippen molar-refractivity contribution in [1.29, 1.82) is 0 Å². The van der Waals surface area contributed by atoms with Crippen LogP contribution in [0.3, 0.4) is 0 Å². The monoisotopic (exact) mass is 420 g/mol. The van der Waals surface area contributed by atoms with Gasteiger partial charge in [-0.2, -0.15) is 0 Å². The van der Waals surface area contributed by atoms with E-state index in [9.17, 15) is 29.8 Å². The topological polar surface area (TPSA) is 187 Å². The zero-order chi connectivity index (χ0) is 22.3. The van der Waals surface area contributed by atoms with Gasteiger partial charge in [0.25, 0.3) is 0 Å². The average molecular weight is 420 g/mol. The Labute approximate surface area is 168 Å². The maximum absolute atomic E-state index is 11.9. The molecule has 2 aromatic rings. The van der Waals surface area contributed by atoms with Crippen LogP contribution in [0, 0.1) is 20.2 Å². The zero-order valence-electron chi connectivity index (χ0n) is 15.6. The summed E-state index contributed by atoms with van der Waals surface area (Å²) in [7, 11) is 2.41. The highest BCUT2D eigenvalue weighted by Gasteiger charge is 2.21. The summed E-state index contributed by atoms with van der Waals surface area (Å²) in [6, 6.07) is 7.88. The Morgan fingerprint density at radius 3 is 1.43 bits per heavy atom. The van der Waals surface area contributed by atoms with Gasteiger partial charge in [-0.15, -0.1) is 0 Å². The Hall–Kier alpha value is -4.62. The third-order valence-electron chi connectivity index (χ3n) is 3.62. The van der Waals surface area contributed by atoms with E-state index in [-0.39, 0.29) is 34.2 Å². The van der Waals surface area contributed by atoms with E-state index in [1.54, 1.807) is 0 Å². The third kappa shape index (κ3) is 4.80. The molecule has 0 unspecified atom stereocenters. The fourth-order valence-electron chi connectivity index (χ4n) is 2.32. The Bertz CT molecular complexity index is 916. The van der Waals surface area contributed by atoms with Gasteiger partial charge in [-0.1, -0.05) is 12.1 Å². The summed E-state index contributed by atoms with van der Waals surface area (Å²) in [6.45, 7) is 0. The maximum Gasteiger partial charge on any atom is 0.329 e. The van der Waals surface area contributed by atoms with Crippen LogP contribution < -0.4 is 31.2 Å². The number of carbonyl (C=O) groups is 2. The van der Waals surface area contributed by atoms with Crippen molar-refractivity contribution in [2.75, 3.05) is 25.1 Å². The van der Waals surface area contributed by atoms with Crippen LogP contribution in [0.25, 0.3) is 0 Å². The minimum atomic E-state index is -1.17. The number of hydrazine groups is 2. The Balaban J connectivity index is 2.03. The molecule has 0 fully saturated rings. The molecule has 30 heavy (non-hydrogen) atoms. The summed E-state index contributed by atoms with van der Waals surface area (Å²) in [4.78, 5) is 44.6. The zero-order valence-corrected chi connectivity index (χ0v) is 15.6. The number of nitrogens with one attached hydrogen (secondary N) is 4. The highest BCUT2D eigenvalue weighted by Crippen LogP contribution is 2.34. The SMILES string of the molecule is COc1c(NNC(=O)C(=O)NNc2cccc([N+](=O)[O-])c2OC)cccc1[N+](=O)[O-]. The van der Waals surface area contributed by atoms with Gasteiger partial charge in [0.1, 0.15) is 11.4 Å². The van der Waals surface area contributed by atoms with Crippen LogP contribution in [0.15, 0.2) is 36.4 Å². The Morgan fingerprint density at radius 2 is 1.13 bits per heavy atom. The number of nitro benzene ring substituents is 2. The molecule has 14 heteroatoms. The van der Waals surface area contributed by atoms with Gasteiger partial charge in [0.15, 0.2) is 0 Å². The minimum absolute atomic E-state index is 0.0427. The van der Waals surface area contributed by atoms with Crippen LogP contribution in [0.2, 0.25) is 0 Å². The first kappa shape index (κ1) is 21.7. The van der Waals surface area contributed by atoms with E-state index in [4.69, 9.17) is 9.47 Å². The van der Waals surface area contributed by atoms with Crippen molar-refractivity contribution in [3.63, 3.8) is 0 Å². The molecule has 0 aromatic heterocycles. The second-order valence-electron chi connectivity index (χ2n) is 5.39. The van der Waals surface area contributed by atoms with Gasteiger partial charge < -0.3 is 9.47 Å². The molecule has 2 rings (SSSR count). The fraction of sp³-hybridized carbons (Fsp3) is 0.125. The van der Waals surface area contributed by atoms with Crippen molar-refractivity contribution < 1.29 is 28.9 Å². The number of nitrogens with zero attached hydrogens (tertiary/aromatic N) is 2. The highest BCUT2D eigenvalue weighted by molar-refractivity contribution is 6.35. The van der Waals surface area contributed by atoms with Gasteiger partial charge in [-0.25, -0.2) is 0 Å². The molecule has 0 aliphatic heterocycles. The quantitative estimate of drug-likeness (QED) is 0.274. The third-order valence-corrected chi connectivity index (χ3v) is 3.62. The van der Waals surface area contributed by atoms with Crippen LogP contribution in [0.1, 0.15) is 0 Å². The molecule has 0 bridgehead atoms. The van der Waals surface area contributed by atoms with Crippen molar-refractivity contribution in [2.45, 2.75) is 0 Å². The first-order chi connectivity index (χ1) is 14.3. The molecule has 0 spiro atoms. The van der Waals surface area contributed by atoms with E-state index in [1.807, 2.05) is 0 Å². The molecular formula is C16H16N6O8. The van der Waals surface area contributed by atoms with E-state index < -0.39 is 21.7 Å². The van der Waals surface area contributed by atoms with Gasteiger partial charge in [0, 0.05) is 12.1 Å². The summed E-state index contributed by atoms with van der Waals surface area (Å²) < 4.78 is 9.91. The largest absolute Gasteiger partial charge is 0.489 e. The number of carbonyl (C=O) groups excluding carboxylic acids is 2. The maximum atomic E-state index is 11.9. The van der Waals surface area contributed by atoms with Crippen molar-refractivity contribution in [3.05, 3.63) is 56.6 Å². The molecule has 0 saturated carbocycles. The summed E-state index contributed by atoms with van der Waals surface area (Å²) in [6.07, 6.45) is 0. The van der Waals surface area contributed by atoms with Gasteiger partial charge in [-0.05, 0) is 12.1 Å². The molecule has 0 aliphatic rings. The van der Waals surface area contributed by atoms with Crippen LogP contribution in [-0.2, 0) is 9.59 Å². The first-order valence-corrected chi connectivity index (χ1v) is 8.05. The molecule has 2 amide bonds. The lowest BCUT2D eigenvalue weighted by molar-refractivity contribution is -0.385. The minimum Gasteiger partial charge on any atom is -0.489 e. The van der Waals surface area contributed by atoms with Crippen LogP contribution in [0.5, 0.6) is 11.5 Å². The molecule has 0 aliphatic carbocycles. The van der Waals surface area contributed by atoms with E-state index in [1.165, 1.54) is 50.6 Å². The molecule has 4 N–H and O–H groups in total. The fourth-order valence-corrected chi connectivity index (χ4v) is 2.32. The second-order valence-corrected chi connectivity index (χ2v) is 5.39. The molecular weight excluding hydrogens is 404 g/mol. The predicted molar refractivity (Wildman–Crippen MR) is 103 cm³/mol. The predicted octanol–water partition coefficient (Wildman–Crippen LogP) is 1.11. The molecule has 158 valence electrons. The van der Waals surface area contributed by atoms with E-state index in [0.717, 1.165) is 0 Å². The van der Waals surface area contributed by atoms with Crippen molar-refractivity contribution in [2.24, 2.45) is 0 Å². The van der Waals surface area contributed by atoms with Crippen molar-refractivity contribution in [3.8, 4) is 11.5 Å². The van der Waals surface area contributed by atoms with Crippen LogP contribution in [0.4, 0.5) is 22.7 Å². The number of para-hydroxylation sites is 2. The Kier molecular flexibility index (Phi) is 6.89. The number of ether oxygens (including phenoxy) is 2. The molecule has 0 saturated heterocycles. The smallest absolute Gasteiger partial charge is 0.329 e. The summed E-state index contributed by atoms with van der Waals surface area (Å²) in [5.41, 5.74) is 8.20. The van der Waals surface area contributed by atoms with Gasteiger partial charge in [-0.3, -0.25) is 51.5 Å². The van der Waals surface area contributed by atoms with Crippen molar-refractivity contribution >= 4 is 34.6 Å².